The first kappa shape index (κ1) is 15.6. The Labute approximate surface area is 136 Å². The van der Waals surface area contributed by atoms with Gasteiger partial charge in [-0.3, -0.25) is 0 Å². The first-order chi connectivity index (χ1) is 10.8. The third-order valence-electron chi connectivity index (χ3n) is 4.43. The van der Waals surface area contributed by atoms with Crippen molar-refractivity contribution in [1.29, 1.82) is 0 Å². The van der Waals surface area contributed by atoms with Gasteiger partial charge in [0, 0.05) is 11.1 Å². The van der Waals surface area contributed by atoms with Gasteiger partial charge in [0.15, 0.2) is 0 Å². The summed E-state index contributed by atoms with van der Waals surface area (Å²) in [6.07, 6.45) is 1.64. The van der Waals surface area contributed by atoms with Crippen molar-refractivity contribution < 1.29 is 14.6 Å². The average molecular weight is 310 g/mol. The summed E-state index contributed by atoms with van der Waals surface area (Å²) in [6.45, 7) is 8.20. The fourth-order valence-electron chi connectivity index (χ4n) is 3.33. The van der Waals surface area contributed by atoms with Gasteiger partial charge in [-0.2, -0.15) is 0 Å². The molecule has 1 N–H and O–H groups in total. The molecular formula is C20H22O3. The van der Waals surface area contributed by atoms with E-state index in [2.05, 4.69) is 39.0 Å². The number of hydrogen-bond donors (Lipinski definition) is 1. The van der Waals surface area contributed by atoms with Crippen molar-refractivity contribution in [3.63, 3.8) is 0 Å². The molecule has 0 atom stereocenters. The summed E-state index contributed by atoms with van der Waals surface area (Å²) < 4.78 is 6.21. The van der Waals surface area contributed by atoms with Crippen molar-refractivity contribution in [3.05, 3.63) is 52.6 Å². The Hall–Kier alpha value is -2.29. The molecule has 1 heterocycles. The van der Waals surface area contributed by atoms with Crippen LogP contribution in [0.2, 0.25) is 0 Å². The minimum Gasteiger partial charge on any atom is -0.482 e. The lowest BCUT2D eigenvalue weighted by atomic mass is 9.84. The summed E-state index contributed by atoms with van der Waals surface area (Å²) >= 11 is 0. The van der Waals surface area contributed by atoms with E-state index in [-0.39, 0.29) is 0 Å². The fraction of sp³-hybridized carbons (Fsp3) is 0.350. The lowest BCUT2D eigenvalue weighted by Gasteiger charge is -2.35. The molecule has 0 aromatic heterocycles. The maximum absolute atomic E-state index is 11.6. The smallest absolute Gasteiger partial charge is 0.335 e. The van der Waals surface area contributed by atoms with Gasteiger partial charge in [-0.05, 0) is 50.5 Å². The SMILES string of the molecule is CCCc1cc2c(cc1C(=O)O)-c1cc(C)ccc1C(C)(C)O2. The third kappa shape index (κ3) is 2.61. The molecule has 120 valence electrons. The van der Waals surface area contributed by atoms with Crippen molar-refractivity contribution in [3.8, 4) is 16.9 Å². The average Bonchev–Trinajstić information content (AvgIpc) is 2.46. The molecule has 0 bridgehead atoms. The molecule has 0 unspecified atom stereocenters. The van der Waals surface area contributed by atoms with Crippen molar-refractivity contribution >= 4 is 5.97 Å². The number of benzene rings is 2. The van der Waals surface area contributed by atoms with Crippen LogP contribution < -0.4 is 4.74 Å². The van der Waals surface area contributed by atoms with Crippen LogP contribution in [0.25, 0.3) is 11.1 Å². The maximum Gasteiger partial charge on any atom is 0.335 e. The molecular weight excluding hydrogens is 288 g/mol. The number of hydrogen-bond acceptors (Lipinski definition) is 2. The highest BCUT2D eigenvalue weighted by Crippen LogP contribution is 2.46. The second-order valence-electron chi connectivity index (χ2n) is 6.72. The van der Waals surface area contributed by atoms with E-state index in [0.717, 1.165) is 46.4 Å². The van der Waals surface area contributed by atoms with Crippen molar-refractivity contribution in [1.82, 2.24) is 0 Å². The number of carboxylic acids is 1. The predicted molar refractivity (Wildman–Crippen MR) is 91.2 cm³/mol. The molecule has 0 fully saturated rings. The number of rotatable bonds is 3. The molecule has 23 heavy (non-hydrogen) atoms. The molecule has 0 saturated carbocycles. The first-order valence-corrected chi connectivity index (χ1v) is 8.04. The summed E-state index contributed by atoms with van der Waals surface area (Å²) in [5.41, 5.74) is 4.98. The van der Waals surface area contributed by atoms with Crippen LogP contribution in [0.1, 0.15) is 54.2 Å². The Balaban J connectivity index is 2.29. The van der Waals surface area contributed by atoms with Crippen LogP contribution in [0, 0.1) is 6.92 Å². The Morgan fingerprint density at radius 1 is 1.17 bits per heavy atom. The molecule has 3 rings (SSSR count). The van der Waals surface area contributed by atoms with E-state index >= 15 is 0 Å². The van der Waals surface area contributed by atoms with Crippen LogP contribution in [0.3, 0.4) is 0 Å². The molecule has 0 radical (unpaired) electrons. The van der Waals surface area contributed by atoms with Crippen molar-refractivity contribution in [2.24, 2.45) is 0 Å². The maximum atomic E-state index is 11.6. The molecule has 0 saturated heterocycles. The van der Waals surface area contributed by atoms with E-state index in [1.54, 1.807) is 6.07 Å². The molecule has 3 nitrogen and oxygen atoms in total. The largest absolute Gasteiger partial charge is 0.482 e. The molecule has 1 aliphatic rings. The predicted octanol–water partition coefficient (Wildman–Crippen LogP) is 4.94. The summed E-state index contributed by atoms with van der Waals surface area (Å²) in [5.74, 6) is -0.100. The zero-order valence-electron chi connectivity index (χ0n) is 14.1. The van der Waals surface area contributed by atoms with Gasteiger partial charge in [0.25, 0.3) is 0 Å². The first-order valence-electron chi connectivity index (χ1n) is 8.04. The van der Waals surface area contributed by atoms with Gasteiger partial charge >= 0.3 is 5.97 Å². The lowest BCUT2D eigenvalue weighted by molar-refractivity contribution is 0.0695. The lowest BCUT2D eigenvalue weighted by Crippen LogP contribution is -2.29. The van der Waals surface area contributed by atoms with Crippen LogP contribution in [0.15, 0.2) is 30.3 Å². The van der Waals surface area contributed by atoms with Gasteiger partial charge in [-0.25, -0.2) is 4.79 Å². The van der Waals surface area contributed by atoms with E-state index in [9.17, 15) is 9.90 Å². The summed E-state index contributed by atoms with van der Waals surface area (Å²) in [7, 11) is 0. The summed E-state index contributed by atoms with van der Waals surface area (Å²) in [6, 6.07) is 9.95. The number of carbonyl (C=O) groups is 1. The van der Waals surface area contributed by atoms with Gasteiger partial charge in [0.05, 0.1) is 5.56 Å². The van der Waals surface area contributed by atoms with Gasteiger partial charge in [0.1, 0.15) is 11.4 Å². The Morgan fingerprint density at radius 2 is 1.91 bits per heavy atom. The Morgan fingerprint density at radius 3 is 2.57 bits per heavy atom. The minimum absolute atomic E-state index is 0.376. The molecule has 0 amide bonds. The van der Waals surface area contributed by atoms with Crippen molar-refractivity contribution in [2.45, 2.75) is 46.1 Å². The number of fused-ring (bicyclic) bond motifs is 3. The highest BCUT2D eigenvalue weighted by atomic mass is 16.5. The highest BCUT2D eigenvalue weighted by Gasteiger charge is 2.33. The van der Waals surface area contributed by atoms with Crippen LogP contribution in [0.5, 0.6) is 5.75 Å². The molecule has 0 aliphatic carbocycles. The number of aromatic carboxylic acids is 1. The van der Waals surface area contributed by atoms with Gasteiger partial charge in [-0.1, -0.05) is 37.1 Å². The molecule has 3 heteroatoms. The van der Waals surface area contributed by atoms with Gasteiger partial charge < -0.3 is 9.84 Å². The number of carboxylic acid groups (broad SMARTS) is 1. The zero-order chi connectivity index (χ0) is 16.8. The van der Waals surface area contributed by atoms with Crippen LogP contribution >= 0.6 is 0 Å². The Bertz CT molecular complexity index is 788. The van der Waals surface area contributed by atoms with Gasteiger partial charge in [-0.15, -0.1) is 0 Å². The fourth-order valence-corrected chi connectivity index (χ4v) is 3.33. The van der Waals surface area contributed by atoms with E-state index in [1.165, 1.54) is 0 Å². The summed E-state index contributed by atoms with van der Waals surface area (Å²) in [4.78, 5) is 11.6. The second-order valence-corrected chi connectivity index (χ2v) is 6.72. The monoisotopic (exact) mass is 310 g/mol. The van der Waals surface area contributed by atoms with Crippen LogP contribution in [0.4, 0.5) is 0 Å². The number of aryl methyl sites for hydroxylation is 2. The van der Waals surface area contributed by atoms with Crippen molar-refractivity contribution in [2.75, 3.05) is 0 Å². The standard InChI is InChI=1S/C20H22O3/c1-5-6-13-10-18-16(11-14(13)19(21)22)15-9-12(2)7-8-17(15)20(3,4)23-18/h7-11H,5-6H2,1-4H3,(H,21,22). The molecule has 0 spiro atoms. The van der Waals surface area contributed by atoms with Gasteiger partial charge in [0.2, 0.25) is 0 Å². The molecule has 2 aromatic carbocycles. The van der Waals surface area contributed by atoms with Crippen LogP contribution in [-0.4, -0.2) is 11.1 Å². The van der Waals surface area contributed by atoms with E-state index in [4.69, 9.17) is 4.74 Å². The highest BCUT2D eigenvalue weighted by molar-refractivity contribution is 5.93. The quantitative estimate of drug-likeness (QED) is 0.873. The van der Waals surface area contributed by atoms with E-state index in [0.29, 0.717) is 5.56 Å². The summed E-state index contributed by atoms with van der Waals surface area (Å²) in [5, 5.41) is 9.56. The molecule has 2 aromatic rings. The van der Waals surface area contributed by atoms with E-state index in [1.807, 2.05) is 13.0 Å². The van der Waals surface area contributed by atoms with E-state index < -0.39 is 11.6 Å². The zero-order valence-corrected chi connectivity index (χ0v) is 14.1. The minimum atomic E-state index is -0.879. The van der Waals surface area contributed by atoms with Crippen LogP contribution in [-0.2, 0) is 12.0 Å². The number of ether oxygens (including phenoxy) is 1. The normalized spacial score (nSPS) is 14.6. The Kier molecular flexibility index (Phi) is 3.67. The third-order valence-corrected chi connectivity index (χ3v) is 4.43. The topological polar surface area (TPSA) is 46.5 Å². The molecule has 1 aliphatic heterocycles. The second kappa shape index (κ2) is 5.41.